The van der Waals surface area contributed by atoms with Crippen molar-refractivity contribution in [3.63, 3.8) is 0 Å². The van der Waals surface area contributed by atoms with E-state index in [4.69, 9.17) is 90.5 Å². The summed E-state index contributed by atoms with van der Waals surface area (Å²) in [6, 6.07) is 39.8. The van der Waals surface area contributed by atoms with E-state index in [9.17, 15) is 13.0 Å². The largest absolute Gasteiger partial charge is 1.00 e. The van der Waals surface area contributed by atoms with Gasteiger partial charge in [0.15, 0.2) is 5.82 Å². The number of hydrogen-bond acceptors (Lipinski definition) is 24. The number of hydrogen-bond donors (Lipinski definition) is 1. The van der Waals surface area contributed by atoms with Gasteiger partial charge >= 0.3 is 29.6 Å². The average Bonchev–Trinajstić information content (AvgIpc) is 1.73. The molecule has 0 saturated carbocycles. The van der Waals surface area contributed by atoms with E-state index in [2.05, 4.69) is 113 Å². The maximum absolute atomic E-state index is 10.3. The normalized spacial score (nSPS) is 12.1. The molecular formula is C68H99N4NaO21S. The fourth-order valence-electron chi connectivity index (χ4n) is 9.58. The van der Waals surface area contributed by atoms with Crippen molar-refractivity contribution in [2.75, 3.05) is 223 Å². The molecule has 0 unspecified atom stereocenters. The van der Waals surface area contributed by atoms with Crippen molar-refractivity contribution in [1.82, 2.24) is 14.5 Å². The molecular weight excluding hydrogens is 1260 g/mol. The Morgan fingerprint density at radius 3 is 1.04 bits per heavy atom. The molecule has 0 aliphatic heterocycles. The van der Waals surface area contributed by atoms with Crippen LogP contribution in [0.4, 0.5) is 5.82 Å². The maximum Gasteiger partial charge on any atom is 1.00 e. The number of rotatable bonds is 60. The Bertz CT molecular complexity index is 2880. The molecule has 0 amide bonds. The van der Waals surface area contributed by atoms with Crippen LogP contribution >= 0.6 is 0 Å². The molecule has 0 bridgehead atoms. The van der Waals surface area contributed by atoms with Gasteiger partial charge < -0.3 is 95.0 Å². The Hall–Kier alpha value is -4.25. The summed E-state index contributed by atoms with van der Waals surface area (Å²) in [6.45, 7) is 20.2. The van der Waals surface area contributed by atoms with Crippen molar-refractivity contribution in [3.05, 3.63) is 138 Å². The van der Waals surface area contributed by atoms with Crippen LogP contribution in [0.1, 0.15) is 43.3 Å². The van der Waals surface area contributed by atoms with Gasteiger partial charge in [0.2, 0.25) is 10.4 Å². The van der Waals surface area contributed by atoms with Gasteiger partial charge in [-0.25, -0.2) is 18.4 Å². The molecule has 95 heavy (non-hydrogen) atoms. The zero-order valence-corrected chi connectivity index (χ0v) is 58.9. The van der Waals surface area contributed by atoms with E-state index in [0.717, 1.165) is 44.5 Å². The monoisotopic (exact) mass is 1360 g/mol. The Morgan fingerprint density at radius 1 is 0.411 bits per heavy atom. The molecule has 0 spiro atoms. The Kier molecular flexibility index (Phi) is 43.0. The second kappa shape index (κ2) is 50.1. The first-order valence-electron chi connectivity index (χ1n) is 32.3. The first-order valence-corrected chi connectivity index (χ1v) is 33.7. The predicted octanol–water partition coefficient (Wildman–Crippen LogP) is 4.05. The van der Waals surface area contributed by atoms with Gasteiger partial charge in [-0.15, -0.1) is 0 Å². The minimum Gasteiger partial charge on any atom is -0.726 e. The van der Waals surface area contributed by atoms with Gasteiger partial charge in [0.05, 0.1) is 235 Å². The van der Waals surface area contributed by atoms with Crippen LogP contribution in [0.2, 0.25) is 0 Å². The van der Waals surface area contributed by atoms with Crippen molar-refractivity contribution in [1.29, 1.82) is 0 Å². The zero-order chi connectivity index (χ0) is 66.3. The number of anilines is 1. The van der Waals surface area contributed by atoms with E-state index in [1.807, 2.05) is 37.3 Å². The number of fused-ring (bicyclic) bond motifs is 3. The van der Waals surface area contributed by atoms with E-state index in [-0.39, 0.29) is 49.4 Å². The van der Waals surface area contributed by atoms with Crippen molar-refractivity contribution < 1.29 is 127 Å². The third-order valence-electron chi connectivity index (χ3n) is 13.9. The molecule has 0 atom stereocenters. The number of aromatic nitrogens is 3. The quantitative estimate of drug-likeness (QED) is 0.0186. The standard InChI is InChI=1S/C68H100N4O21S.Na/c1-4-76-56-63-70-64-65(61-22-14-15-23-62(61)69-66(64)71-68(58-16-8-5-9-17-58,59-18-10-6-11-19-59)60-20-12-7-13-21-60)72(63)57-67(2,3)92-54-52-90-50-48-88-46-44-86-42-40-84-38-36-82-34-32-80-30-28-78-26-24-77-25-27-79-29-31-81-33-35-83-37-39-85-41-43-87-45-47-89-49-51-91-53-55-93-94(73,74)75;/h5-23H,4,24-57H2,1-3H3,(H,69,71)(H,73,74,75);/q;+1/p-1. The van der Waals surface area contributed by atoms with Crippen LogP contribution in [0.25, 0.3) is 21.9 Å². The van der Waals surface area contributed by atoms with Crippen molar-refractivity contribution in [2.45, 2.75) is 45.1 Å². The topological polar surface area (TPSA) is 266 Å². The second-order valence-electron chi connectivity index (χ2n) is 21.4. The number of imidazole rings is 1. The number of pyridine rings is 1. The summed E-state index contributed by atoms with van der Waals surface area (Å²) in [4.78, 5) is 10.7. The van der Waals surface area contributed by atoms with Crippen molar-refractivity contribution in [2.24, 2.45) is 0 Å². The third-order valence-corrected chi connectivity index (χ3v) is 14.4. The Balaban J connectivity index is 0.0000163. The number of nitrogens with zero attached hydrogens (tertiary/aromatic N) is 3. The molecule has 0 aliphatic carbocycles. The molecule has 6 aromatic rings. The molecule has 27 heteroatoms. The van der Waals surface area contributed by atoms with Gasteiger partial charge in [0.1, 0.15) is 23.5 Å². The summed E-state index contributed by atoms with van der Waals surface area (Å²) in [5.41, 5.74) is 4.32. The van der Waals surface area contributed by atoms with Gasteiger partial charge in [-0.3, -0.25) is 4.18 Å². The van der Waals surface area contributed by atoms with Crippen LogP contribution < -0.4 is 34.9 Å². The maximum atomic E-state index is 10.3. The van der Waals surface area contributed by atoms with Crippen molar-refractivity contribution in [3.8, 4) is 0 Å². The Labute approximate surface area is 582 Å². The molecule has 1 N–H and O–H groups in total. The van der Waals surface area contributed by atoms with E-state index in [1.165, 1.54) is 0 Å². The summed E-state index contributed by atoms with van der Waals surface area (Å²) < 4.78 is 133. The second-order valence-corrected chi connectivity index (χ2v) is 22.5. The fourth-order valence-corrected chi connectivity index (χ4v) is 9.85. The number of ether oxygens (including phenoxy) is 17. The smallest absolute Gasteiger partial charge is 0.726 e. The van der Waals surface area contributed by atoms with Crippen LogP contribution in [0.5, 0.6) is 0 Å². The van der Waals surface area contributed by atoms with E-state index < -0.39 is 21.5 Å². The van der Waals surface area contributed by atoms with Crippen LogP contribution in [-0.2, 0) is 114 Å². The zero-order valence-electron chi connectivity index (χ0n) is 56.0. The number of nitrogens with one attached hydrogen (secondary N) is 1. The van der Waals surface area contributed by atoms with Crippen LogP contribution in [0.3, 0.4) is 0 Å². The van der Waals surface area contributed by atoms with E-state index in [0.29, 0.717) is 217 Å². The summed E-state index contributed by atoms with van der Waals surface area (Å²) in [7, 11) is -4.69. The van der Waals surface area contributed by atoms with Crippen LogP contribution in [-0.4, -0.2) is 251 Å². The van der Waals surface area contributed by atoms with E-state index in [1.54, 1.807) is 0 Å². The van der Waals surface area contributed by atoms with E-state index >= 15 is 0 Å². The number of para-hydroxylation sites is 1. The van der Waals surface area contributed by atoms with Gasteiger partial charge in [0, 0.05) is 12.0 Å². The number of benzene rings is 4. The molecule has 6 rings (SSSR count). The van der Waals surface area contributed by atoms with Gasteiger partial charge in [-0.2, -0.15) is 0 Å². The van der Waals surface area contributed by atoms with Crippen LogP contribution in [0.15, 0.2) is 115 Å². The molecule has 0 fully saturated rings. The van der Waals surface area contributed by atoms with Gasteiger partial charge in [0.25, 0.3) is 0 Å². The summed E-state index contributed by atoms with van der Waals surface area (Å²) >= 11 is 0. The molecule has 0 saturated heterocycles. The first kappa shape index (κ1) is 81.4. The predicted molar refractivity (Wildman–Crippen MR) is 351 cm³/mol. The molecule has 4 aromatic carbocycles. The Morgan fingerprint density at radius 2 is 0.716 bits per heavy atom. The minimum absolute atomic E-state index is 0. The SMILES string of the molecule is CCOCc1nc2c(NC(c3ccccc3)(c3ccccc3)c3ccccc3)nc3ccccc3c2n1CC(C)(C)OCCOCCOCCOCCOCCOCCOCCOCCOCCOCCOCCOCCOCCOCCOCCOCCOS(=O)(=O)[O-].[Na+]. The van der Waals surface area contributed by atoms with Crippen LogP contribution in [0, 0.1) is 0 Å². The van der Waals surface area contributed by atoms with Gasteiger partial charge in [-0.05, 0) is 43.5 Å². The van der Waals surface area contributed by atoms with Gasteiger partial charge in [-0.1, -0.05) is 109 Å². The molecule has 0 aliphatic rings. The van der Waals surface area contributed by atoms with Crippen molar-refractivity contribution >= 4 is 38.2 Å². The minimum atomic E-state index is -4.69. The third kappa shape index (κ3) is 33.0. The molecule has 524 valence electrons. The molecule has 2 heterocycles. The molecule has 0 radical (unpaired) electrons. The fraction of sp³-hybridized carbons (Fsp3) is 0.588. The summed E-state index contributed by atoms with van der Waals surface area (Å²) in [6.07, 6.45) is 0. The summed E-state index contributed by atoms with van der Waals surface area (Å²) in [5, 5.41) is 5.01. The first-order chi connectivity index (χ1) is 46.1. The summed E-state index contributed by atoms with van der Waals surface area (Å²) in [5.74, 6) is 1.44. The average molecular weight is 1360 g/mol. The molecule has 25 nitrogen and oxygen atoms in total. The molecule has 2 aromatic heterocycles.